The highest BCUT2D eigenvalue weighted by Gasteiger charge is 2.40. The van der Waals surface area contributed by atoms with Gasteiger partial charge in [-0.3, -0.25) is 0 Å². The van der Waals surface area contributed by atoms with Crippen molar-refractivity contribution in [2.75, 3.05) is 0 Å². The van der Waals surface area contributed by atoms with Gasteiger partial charge in [-0.05, 0) is 83.2 Å². The second-order valence-electron chi connectivity index (χ2n) is 6.97. The molecule has 2 aromatic carbocycles. The van der Waals surface area contributed by atoms with Crippen LogP contribution in [0.15, 0.2) is 12.1 Å². The summed E-state index contributed by atoms with van der Waals surface area (Å²) < 4.78 is 0. The Balaban J connectivity index is 2.61. The van der Waals surface area contributed by atoms with Gasteiger partial charge in [0.05, 0.1) is 0 Å². The maximum atomic E-state index is 2.41. The van der Waals surface area contributed by atoms with Crippen LogP contribution < -0.4 is 0 Å². The monoisotopic (exact) mass is 252 g/mol. The lowest BCUT2D eigenvalue weighted by atomic mass is 9.75. The molecule has 0 radical (unpaired) electrons. The van der Waals surface area contributed by atoms with E-state index in [4.69, 9.17) is 0 Å². The third-order valence-electron chi connectivity index (χ3n) is 5.67. The summed E-state index contributed by atoms with van der Waals surface area (Å²) in [6.45, 7) is 16.3. The Morgan fingerprint density at radius 3 is 2.00 bits per heavy atom. The Bertz CT molecular complexity index is 697. The van der Waals surface area contributed by atoms with E-state index in [0.717, 1.165) is 0 Å². The van der Waals surface area contributed by atoms with E-state index in [9.17, 15) is 0 Å². The van der Waals surface area contributed by atoms with Crippen molar-refractivity contribution in [2.24, 2.45) is 0 Å². The van der Waals surface area contributed by atoms with Crippen LogP contribution in [0.3, 0.4) is 0 Å². The van der Waals surface area contributed by atoms with Gasteiger partial charge in [-0.25, -0.2) is 0 Å². The summed E-state index contributed by atoms with van der Waals surface area (Å²) in [5.41, 5.74) is 9.28. The van der Waals surface area contributed by atoms with Crippen LogP contribution >= 0.6 is 0 Å². The van der Waals surface area contributed by atoms with Gasteiger partial charge in [-0.2, -0.15) is 0 Å². The molecule has 1 aliphatic carbocycles. The largest absolute Gasteiger partial charge is 0.0575 e. The number of rotatable bonds is 0. The second-order valence-corrected chi connectivity index (χ2v) is 6.97. The Morgan fingerprint density at radius 2 is 1.42 bits per heavy atom. The van der Waals surface area contributed by atoms with Gasteiger partial charge in [-0.1, -0.05) is 32.9 Å². The van der Waals surface area contributed by atoms with Crippen LogP contribution in [0.1, 0.15) is 60.1 Å². The Morgan fingerprint density at radius 1 is 0.895 bits per heavy atom. The van der Waals surface area contributed by atoms with Gasteiger partial charge in [-0.15, -0.1) is 0 Å². The lowest BCUT2D eigenvalue weighted by Gasteiger charge is -2.28. The molecule has 0 bridgehead atoms. The Labute approximate surface area is 116 Å². The van der Waals surface area contributed by atoms with Crippen molar-refractivity contribution in [3.63, 3.8) is 0 Å². The minimum atomic E-state index is 0.245. The van der Waals surface area contributed by atoms with Gasteiger partial charge in [0.2, 0.25) is 0 Å². The number of hydrogen-bond donors (Lipinski definition) is 0. The molecule has 0 heterocycles. The summed E-state index contributed by atoms with van der Waals surface area (Å²) in [6.07, 6.45) is 0. The SMILES string of the molecule is Cc1cc2cc(C)c(C)c3c2c(c1C)C(C)C3(C)C. The van der Waals surface area contributed by atoms with Crippen LogP contribution in [0.25, 0.3) is 10.8 Å². The standard InChI is InChI=1S/C19H24/c1-10-8-15-9-11(2)13(4)18-17(15)16(12(10)3)14(5)19(18,6)7/h8-9,14H,1-7H3. The average molecular weight is 252 g/mol. The average Bonchev–Trinajstić information content (AvgIpc) is 2.53. The maximum absolute atomic E-state index is 2.41. The molecule has 19 heavy (non-hydrogen) atoms. The predicted molar refractivity (Wildman–Crippen MR) is 84.3 cm³/mol. The first kappa shape index (κ1) is 12.7. The van der Waals surface area contributed by atoms with E-state index < -0.39 is 0 Å². The first-order chi connectivity index (χ1) is 8.76. The van der Waals surface area contributed by atoms with Crippen molar-refractivity contribution >= 4 is 10.8 Å². The molecule has 0 nitrogen and oxygen atoms in total. The number of benzene rings is 2. The number of hydrogen-bond acceptors (Lipinski definition) is 0. The summed E-state index contributed by atoms with van der Waals surface area (Å²) in [5, 5.41) is 2.98. The fourth-order valence-electron chi connectivity index (χ4n) is 4.01. The van der Waals surface area contributed by atoms with Crippen molar-refractivity contribution in [1.82, 2.24) is 0 Å². The molecule has 0 saturated heterocycles. The van der Waals surface area contributed by atoms with Gasteiger partial charge >= 0.3 is 0 Å². The fourth-order valence-corrected chi connectivity index (χ4v) is 4.01. The predicted octanol–water partition coefficient (Wildman–Crippen LogP) is 5.47. The highest BCUT2D eigenvalue weighted by Crippen LogP contribution is 2.53. The van der Waals surface area contributed by atoms with E-state index in [1.165, 1.54) is 27.6 Å². The van der Waals surface area contributed by atoms with Crippen LogP contribution in [0.5, 0.6) is 0 Å². The first-order valence-electron chi connectivity index (χ1n) is 7.31. The van der Waals surface area contributed by atoms with Gasteiger partial charge < -0.3 is 0 Å². The van der Waals surface area contributed by atoms with E-state index in [2.05, 4.69) is 60.6 Å². The minimum Gasteiger partial charge on any atom is -0.0575 e. The maximum Gasteiger partial charge on any atom is -0.00283 e. The molecule has 0 saturated carbocycles. The van der Waals surface area contributed by atoms with Crippen molar-refractivity contribution in [3.05, 3.63) is 45.5 Å². The van der Waals surface area contributed by atoms with Crippen LogP contribution in [0.4, 0.5) is 0 Å². The molecule has 0 aromatic heterocycles. The summed E-state index contributed by atoms with van der Waals surface area (Å²) >= 11 is 0. The Kier molecular flexibility index (Phi) is 2.43. The number of aryl methyl sites for hydroxylation is 2. The van der Waals surface area contributed by atoms with E-state index in [1.54, 1.807) is 16.5 Å². The minimum absolute atomic E-state index is 0.245. The first-order valence-corrected chi connectivity index (χ1v) is 7.31. The fraction of sp³-hybridized carbons (Fsp3) is 0.474. The smallest absolute Gasteiger partial charge is 0.00283 e. The molecule has 0 heteroatoms. The van der Waals surface area contributed by atoms with Crippen molar-refractivity contribution in [1.29, 1.82) is 0 Å². The molecule has 3 rings (SSSR count). The van der Waals surface area contributed by atoms with Crippen molar-refractivity contribution in [2.45, 2.75) is 59.8 Å². The molecule has 1 unspecified atom stereocenters. The van der Waals surface area contributed by atoms with Gasteiger partial charge in [0.1, 0.15) is 0 Å². The topological polar surface area (TPSA) is 0 Å². The normalized spacial score (nSPS) is 20.3. The van der Waals surface area contributed by atoms with Crippen LogP contribution in [0.2, 0.25) is 0 Å². The lowest BCUT2D eigenvalue weighted by Crippen LogP contribution is -2.21. The third kappa shape index (κ3) is 1.40. The molecular formula is C19H24. The zero-order valence-corrected chi connectivity index (χ0v) is 13.2. The summed E-state index contributed by atoms with van der Waals surface area (Å²) in [6, 6.07) is 4.75. The van der Waals surface area contributed by atoms with E-state index in [-0.39, 0.29) is 5.41 Å². The third-order valence-corrected chi connectivity index (χ3v) is 5.67. The van der Waals surface area contributed by atoms with Gasteiger partial charge in [0.25, 0.3) is 0 Å². The molecular weight excluding hydrogens is 228 g/mol. The summed E-state index contributed by atoms with van der Waals surface area (Å²) in [7, 11) is 0. The highest BCUT2D eigenvalue weighted by atomic mass is 14.4. The van der Waals surface area contributed by atoms with E-state index >= 15 is 0 Å². The zero-order valence-electron chi connectivity index (χ0n) is 13.2. The van der Waals surface area contributed by atoms with Crippen LogP contribution in [-0.2, 0) is 5.41 Å². The molecule has 1 aliphatic rings. The molecule has 0 N–H and O–H groups in total. The summed E-state index contributed by atoms with van der Waals surface area (Å²) in [5.74, 6) is 0.602. The molecule has 1 atom stereocenters. The molecule has 100 valence electrons. The van der Waals surface area contributed by atoms with Crippen LogP contribution in [-0.4, -0.2) is 0 Å². The molecule has 0 aliphatic heterocycles. The highest BCUT2D eigenvalue weighted by molar-refractivity contribution is 5.96. The van der Waals surface area contributed by atoms with Crippen molar-refractivity contribution in [3.8, 4) is 0 Å². The van der Waals surface area contributed by atoms with Gasteiger partial charge in [0, 0.05) is 0 Å². The van der Waals surface area contributed by atoms with E-state index in [1.807, 2.05) is 0 Å². The Hall–Kier alpha value is -1.30. The molecule has 0 spiro atoms. The lowest BCUT2D eigenvalue weighted by molar-refractivity contribution is 0.455. The summed E-state index contributed by atoms with van der Waals surface area (Å²) in [4.78, 5) is 0. The van der Waals surface area contributed by atoms with Crippen molar-refractivity contribution < 1.29 is 0 Å². The molecule has 0 fully saturated rings. The second kappa shape index (κ2) is 3.62. The quantitative estimate of drug-likeness (QED) is 0.583. The van der Waals surface area contributed by atoms with E-state index in [0.29, 0.717) is 5.92 Å². The van der Waals surface area contributed by atoms with Gasteiger partial charge in [0.15, 0.2) is 0 Å². The molecule has 0 amide bonds. The van der Waals surface area contributed by atoms with Crippen LogP contribution in [0, 0.1) is 27.7 Å². The molecule has 2 aromatic rings. The zero-order chi connectivity index (χ0) is 14.1.